The number of amides is 1. The number of H-pyrrole nitrogens is 1. The number of primary amides is 1. The van der Waals surface area contributed by atoms with Crippen molar-refractivity contribution in [3.05, 3.63) is 70.3 Å². The van der Waals surface area contributed by atoms with Gasteiger partial charge in [-0.2, -0.15) is 0 Å². The molecular weight excluding hydrogens is 370 g/mol. The quantitative estimate of drug-likeness (QED) is 0.544. The summed E-state index contributed by atoms with van der Waals surface area (Å²) in [5.41, 5.74) is 7.82. The molecule has 4 aromatic rings. The van der Waals surface area contributed by atoms with Crippen molar-refractivity contribution >= 4 is 17.1 Å². The Labute approximate surface area is 166 Å². The smallest absolute Gasteiger partial charge is 0.332 e. The Morgan fingerprint density at radius 2 is 1.86 bits per heavy atom. The van der Waals surface area contributed by atoms with Crippen LogP contribution in [0.2, 0.25) is 0 Å². The molecule has 0 atom stereocenters. The summed E-state index contributed by atoms with van der Waals surface area (Å²) in [6, 6.07) is 14.6. The van der Waals surface area contributed by atoms with Gasteiger partial charge in [-0.15, -0.1) is 0 Å². The van der Waals surface area contributed by atoms with Crippen LogP contribution in [0, 0.1) is 6.92 Å². The number of carbonyl (C=O) groups is 1. The first-order valence-corrected chi connectivity index (χ1v) is 9.11. The van der Waals surface area contributed by atoms with Gasteiger partial charge in [0.15, 0.2) is 17.2 Å². The number of imidazole rings is 1. The van der Waals surface area contributed by atoms with Gasteiger partial charge in [-0.3, -0.25) is 4.79 Å². The van der Waals surface area contributed by atoms with Gasteiger partial charge in [-0.05, 0) is 43.7 Å². The Bertz CT molecular complexity index is 1270. The van der Waals surface area contributed by atoms with Gasteiger partial charge >= 0.3 is 5.69 Å². The molecule has 0 spiro atoms. The number of benzene rings is 2. The van der Waals surface area contributed by atoms with Crippen molar-refractivity contribution in [2.45, 2.75) is 13.8 Å². The van der Waals surface area contributed by atoms with Crippen LogP contribution in [-0.2, 0) is 0 Å². The van der Waals surface area contributed by atoms with Gasteiger partial charge < -0.3 is 15.5 Å². The van der Waals surface area contributed by atoms with Gasteiger partial charge in [0, 0.05) is 5.56 Å². The number of rotatable bonds is 5. The van der Waals surface area contributed by atoms with Crippen LogP contribution in [0.4, 0.5) is 0 Å². The standard InChI is InChI=1S/C21H19N5O3/c1-3-29-14-10-8-13(9-11-14)26-20-17(24-21(26)28)16(18(22)27)23-19(25-20)15-7-5-4-6-12(15)2/h4-11H,3H2,1-2H3,(H2,22,27)(H,24,28). The molecule has 2 aromatic heterocycles. The number of nitrogens with two attached hydrogens (primary N) is 1. The number of aromatic amines is 1. The second-order valence-corrected chi connectivity index (χ2v) is 6.47. The predicted molar refractivity (Wildman–Crippen MR) is 109 cm³/mol. The molecule has 0 unspecified atom stereocenters. The maximum absolute atomic E-state index is 12.7. The van der Waals surface area contributed by atoms with Crippen LogP contribution < -0.4 is 16.2 Å². The molecule has 0 saturated heterocycles. The minimum atomic E-state index is -0.743. The lowest BCUT2D eigenvalue weighted by atomic mass is 10.1. The summed E-state index contributed by atoms with van der Waals surface area (Å²) >= 11 is 0. The summed E-state index contributed by atoms with van der Waals surface area (Å²) in [5, 5.41) is 0. The topological polar surface area (TPSA) is 116 Å². The van der Waals surface area contributed by atoms with Crippen molar-refractivity contribution in [1.82, 2.24) is 19.5 Å². The summed E-state index contributed by atoms with van der Waals surface area (Å²) < 4.78 is 6.84. The van der Waals surface area contributed by atoms with Crippen LogP contribution in [-0.4, -0.2) is 32.0 Å². The highest BCUT2D eigenvalue weighted by molar-refractivity contribution is 6.02. The van der Waals surface area contributed by atoms with E-state index in [1.807, 2.05) is 38.1 Å². The molecule has 1 amide bonds. The number of nitrogens with zero attached hydrogens (tertiary/aromatic N) is 3. The fourth-order valence-electron chi connectivity index (χ4n) is 3.21. The molecule has 0 radical (unpaired) electrons. The molecule has 0 aliphatic carbocycles. The summed E-state index contributed by atoms with van der Waals surface area (Å²) in [6.45, 7) is 4.36. The van der Waals surface area contributed by atoms with Crippen molar-refractivity contribution < 1.29 is 9.53 Å². The van der Waals surface area contributed by atoms with E-state index in [1.54, 1.807) is 24.3 Å². The molecule has 2 aromatic carbocycles. The largest absolute Gasteiger partial charge is 0.494 e. The molecular formula is C21H19N5O3. The number of aryl methyl sites for hydroxylation is 1. The molecule has 4 rings (SSSR count). The van der Waals surface area contributed by atoms with Gasteiger partial charge in [0.1, 0.15) is 11.3 Å². The van der Waals surface area contributed by atoms with Gasteiger partial charge in [0.2, 0.25) is 0 Å². The summed E-state index contributed by atoms with van der Waals surface area (Å²) in [4.78, 5) is 36.3. The molecule has 2 heterocycles. The van der Waals surface area contributed by atoms with E-state index in [-0.39, 0.29) is 16.9 Å². The fourth-order valence-corrected chi connectivity index (χ4v) is 3.21. The first kappa shape index (κ1) is 18.4. The van der Waals surface area contributed by atoms with Crippen molar-refractivity contribution in [1.29, 1.82) is 0 Å². The summed E-state index contributed by atoms with van der Waals surface area (Å²) in [5.74, 6) is 0.271. The third-order valence-electron chi connectivity index (χ3n) is 4.56. The van der Waals surface area contributed by atoms with Crippen molar-refractivity contribution in [2.24, 2.45) is 5.73 Å². The average molecular weight is 389 g/mol. The zero-order valence-corrected chi connectivity index (χ0v) is 16.0. The van der Waals surface area contributed by atoms with Crippen LogP contribution >= 0.6 is 0 Å². The highest BCUT2D eigenvalue weighted by Crippen LogP contribution is 2.24. The van der Waals surface area contributed by atoms with E-state index >= 15 is 0 Å². The molecule has 3 N–H and O–H groups in total. The third kappa shape index (κ3) is 3.25. The fraction of sp³-hybridized carbons (Fsp3) is 0.143. The molecule has 29 heavy (non-hydrogen) atoms. The predicted octanol–water partition coefficient (Wildman–Crippen LogP) is 2.58. The average Bonchev–Trinajstić information content (AvgIpc) is 3.04. The van der Waals surface area contributed by atoms with E-state index in [9.17, 15) is 9.59 Å². The molecule has 0 fully saturated rings. The van der Waals surface area contributed by atoms with Crippen molar-refractivity contribution in [3.8, 4) is 22.8 Å². The lowest BCUT2D eigenvalue weighted by Crippen LogP contribution is -2.15. The Morgan fingerprint density at radius 1 is 1.14 bits per heavy atom. The minimum Gasteiger partial charge on any atom is -0.494 e. The maximum atomic E-state index is 12.7. The van der Waals surface area contributed by atoms with E-state index in [1.165, 1.54) is 4.57 Å². The van der Waals surface area contributed by atoms with Crippen LogP contribution in [0.3, 0.4) is 0 Å². The molecule has 0 aliphatic heterocycles. The lowest BCUT2D eigenvalue weighted by molar-refractivity contribution is 0.0997. The van der Waals surface area contributed by atoms with E-state index in [2.05, 4.69) is 15.0 Å². The molecule has 0 bridgehead atoms. The number of hydrogen-bond acceptors (Lipinski definition) is 5. The second kappa shape index (κ2) is 7.23. The number of ether oxygens (including phenoxy) is 1. The van der Waals surface area contributed by atoms with Gasteiger partial charge in [0.05, 0.1) is 12.3 Å². The molecule has 0 saturated carbocycles. The molecule has 8 heteroatoms. The number of fused-ring (bicyclic) bond motifs is 1. The number of hydrogen-bond donors (Lipinski definition) is 2. The Morgan fingerprint density at radius 3 is 2.52 bits per heavy atom. The second-order valence-electron chi connectivity index (χ2n) is 6.47. The SMILES string of the molecule is CCOc1ccc(-n2c(=O)[nH]c3c(C(N)=O)nc(-c4ccccc4C)nc32)cc1. The highest BCUT2D eigenvalue weighted by Gasteiger charge is 2.20. The zero-order chi connectivity index (χ0) is 20.5. The van der Waals surface area contributed by atoms with Crippen molar-refractivity contribution in [2.75, 3.05) is 6.61 Å². The van der Waals surface area contributed by atoms with Crippen molar-refractivity contribution in [3.63, 3.8) is 0 Å². The Kier molecular flexibility index (Phi) is 4.59. The number of aromatic nitrogens is 4. The van der Waals surface area contributed by atoms with Crippen LogP contribution in [0.1, 0.15) is 23.0 Å². The van der Waals surface area contributed by atoms with E-state index < -0.39 is 11.6 Å². The lowest BCUT2D eigenvalue weighted by Gasteiger charge is -2.09. The first-order valence-electron chi connectivity index (χ1n) is 9.11. The Hall–Kier alpha value is -3.94. The summed E-state index contributed by atoms with van der Waals surface area (Å²) in [6.07, 6.45) is 0. The third-order valence-corrected chi connectivity index (χ3v) is 4.56. The van der Waals surface area contributed by atoms with E-state index in [4.69, 9.17) is 10.5 Å². The van der Waals surface area contributed by atoms with E-state index in [0.717, 1.165) is 11.1 Å². The minimum absolute atomic E-state index is 0.0324. The normalized spacial score (nSPS) is 11.0. The monoisotopic (exact) mass is 389 g/mol. The van der Waals surface area contributed by atoms with E-state index in [0.29, 0.717) is 23.9 Å². The number of nitrogens with one attached hydrogen (secondary N) is 1. The Balaban J connectivity index is 1.99. The molecule has 0 aliphatic rings. The maximum Gasteiger partial charge on any atom is 0.332 e. The highest BCUT2D eigenvalue weighted by atomic mass is 16.5. The molecule has 8 nitrogen and oxygen atoms in total. The molecule has 146 valence electrons. The van der Waals surface area contributed by atoms with Gasteiger partial charge in [-0.1, -0.05) is 24.3 Å². The first-order chi connectivity index (χ1) is 14.0. The van der Waals surface area contributed by atoms with Gasteiger partial charge in [0.25, 0.3) is 5.91 Å². The van der Waals surface area contributed by atoms with Crippen LogP contribution in [0.5, 0.6) is 5.75 Å². The number of carbonyl (C=O) groups excluding carboxylic acids is 1. The van der Waals surface area contributed by atoms with Crippen LogP contribution in [0.25, 0.3) is 28.2 Å². The van der Waals surface area contributed by atoms with Crippen LogP contribution in [0.15, 0.2) is 53.3 Å². The zero-order valence-electron chi connectivity index (χ0n) is 16.0. The van der Waals surface area contributed by atoms with Gasteiger partial charge in [-0.25, -0.2) is 19.3 Å². The summed E-state index contributed by atoms with van der Waals surface area (Å²) in [7, 11) is 0.